The van der Waals surface area contributed by atoms with Crippen LogP contribution in [0.15, 0.2) is 59.1 Å². The molecule has 1 aliphatic rings. The topological polar surface area (TPSA) is 79.6 Å². The van der Waals surface area contributed by atoms with Crippen LogP contribution in [-0.4, -0.2) is 11.1 Å². The number of nitrogens with zero attached hydrogens (tertiary/aromatic N) is 1. The molecule has 150 valence electrons. The first-order valence-corrected chi connectivity index (χ1v) is 9.69. The van der Waals surface area contributed by atoms with E-state index in [2.05, 4.69) is 0 Å². The highest BCUT2D eigenvalue weighted by Crippen LogP contribution is 2.60. The van der Waals surface area contributed by atoms with E-state index in [-0.39, 0.29) is 32.9 Å². The first kappa shape index (κ1) is 21.0. The number of aromatic hydroxyl groups is 1. The van der Waals surface area contributed by atoms with E-state index in [1.165, 1.54) is 6.07 Å². The Kier molecular flexibility index (Phi) is 6.07. The number of halogens is 2. The van der Waals surface area contributed by atoms with Crippen molar-refractivity contribution in [1.82, 2.24) is 0 Å². The van der Waals surface area contributed by atoms with Gasteiger partial charge in [-0.2, -0.15) is 5.26 Å². The Hall–Kier alpha value is -2.68. The third kappa shape index (κ3) is 4.50. The number of para-hydroxylation sites is 2. The van der Waals surface area contributed by atoms with Gasteiger partial charge in [0.15, 0.2) is 11.5 Å². The summed E-state index contributed by atoms with van der Waals surface area (Å²) in [4.78, 5) is 12.6. The molecule has 2 aromatic rings. The van der Waals surface area contributed by atoms with E-state index >= 15 is 0 Å². The number of esters is 1. The van der Waals surface area contributed by atoms with Crippen LogP contribution in [0, 0.1) is 28.6 Å². The van der Waals surface area contributed by atoms with Crippen molar-refractivity contribution < 1.29 is 19.4 Å². The lowest BCUT2D eigenvalue weighted by molar-refractivity contribution is -0.149. The SMILES string of the molecule is CC1(C)C(C=C(Cl)Cl)C1C(=O)OC(C#N)c1cccc(Oc2ccccc2)c1O. The first-order chi connectivity index (χ1) is 13.8. The zero-order valence-electron chi connectivity index (χ0n) is 15.8. The van der Waals surface area contributed by atoms with Gasteiger partial charge in [0.1, 0.15) is 16.3 Å². The summed E-state index contributed by atoms with van der Waals surface area (Å²) in [5.74, 6) is -0.779. The third-order valence-corrected chi connectivity index (χ3v) is 5.36. The minimum atomic E-state index is -1.28. The maximum atomic E-state index is 12.6. The molecule has 0 heterocycles. The van der Waals surface area contributed by atoms with Crippen molar-refractivity contribution in [3.05, 3.63) is 64.7 Å². The predicted octanol–water partition coefficient (Wildman–Crippen LogP) is 5.88. The highest BCUT2D eigenvalue weighted by Gasteiger charge is 2.62. The molecule has 0 bridgehead atoms. The van der Waals surface area contributed by atoms with Gasteiger partial charge in [-0.05, 0) is 35.6 Å². The summed E-state index contributed by atoms with van der Waals surface area (Å²) in [6.45, 7) is 3.79. The number of phenols is 1. The highest BCUT2D eigenvalue weighted by atomic mass is 35.5. The van der Waals surface area contributed by atoms with E-state index in [0.717, 1.165) is 0 Å². The van der Waals surface area contributed by atoms with Crippen molar-refractivity contribution in [3.8, 4) is 23.3 Å². The van der Waals surface area contributed by atoms with Crippen LogP contribution in [-0.2, 0) is 9.53 Å². The van der Waals surface area contributed by atoms with Crippen molar-refractivity contribution in [2.75, 3.05) is 0 Å². The van der Waals surface area contributed by atoms with Crippen molar-refractivity contribution in [2.24, 2.45) is 17.3 Å². The molecule has 1 aliphatic carbocycles. The molecule has 0 amide bonds. The Morgan fingerprint density at radius 1 is 1.21 bits per heavy atom. The molecule has 1 fully saturated rings. The van der Waals surface area contributed by atoms with Gasteiger partial charge < -0.3 is 14.6 Å². The van der Waals surface area contributed by atoms with Crippen LogP contribution in [0.1, 0.15) is 25.5 Å². The molecule has 3 unspecified atom stereocenters. The van der Waals surface area contributed by atoms with Crippen molar-refractivity contribution in [3.63, 3.8) is 0 Å². The summed E-state index contributed by atoms with van der Waals surface area (Å²) >= 11 is 11.4. The molecule has 3 atom stereocenters. The Bertz CT molecular complexity index is 978. The van der Waals surface area contributed by atoms with Gasteiger partial charge in [-0.1, -0.05) is 67.4 Å². The number of hydrogen-bond acceptors (Lipinski definition) is 5. The van der Waals surface area contributed by atoms with E-state index in [9.17, 15) is 15.2 Å². The average molecular weight is 432 g/mol. The Balaban J connectivity index is 1.79. The largest absolute Gasteiger partial charge is 0.504 e. The number of ether oxygens (including phenoxy) is 2. The molecule has 1 N–H and O–H groups in total. The number of carbonyl (C=O) groups is 1. The number of benzene rings is 2. The minimum absolute atomic E-state index is 0.0821. The van der Waals surface area contributed by atoms with E-state index in [0.29, 0.717) is 5.75 Å². The zero-order valence-corrected chi connectivity index (χ0v) is 17.3. The molecular formula is C22H19Cl2NO4. The van der Waals surface area contributed by atoms with Gasteiger partial charge in [-0.3, -0.25) is 4.79 Å². The summed E-state index contributed by atoms with van der Waals surface area (Å²) in [6, 6.07) is 15.5. The van der Waals surface area contributed by atoms with Gasteiger partial charge in [0.05, 0.1) is 11.5 Å². The highest BCUT2D eigenvalue weighted by molar-refractivity contribution is 6.55. The Labute approximate surface area is 179 Å². The molecule has 0 saturated heterocycles. The van der Waals surface area contributed by atoms with Crippen LogP contribution in [0.4, 0.5) is 0 Å². The van der Waals surface area contributed by atoms with Crippen LogP contribution in [0.5, 0.6) is 17.2 Å². The molecular weight excluding hydrogens is 413 g/mol. The fourth-order valence-corrected chi connectivity index (χ4v) is 3.64. The number of hydrogen-bond donors (Lipinski definition) is 1. The van der Waals surface area contributed by atoms with Gasteiger partial charge in [-0.15, -0.1) is 0 Å². The number of carbonyl (C=O) groups excluding carboxylic acids is 1. The maximum absolute atomic E-state index is 12.6. The molecule has 2 aromatic carbocycles. The molecule has 5 nitrogen and oxygen atoms in total. The molecule has 0 aromatic heterocycles. The number of allylic oxidation sites excluding steroid dienone is 1. The van der Waals surface area contributed by atoms with E-state index in [1.807, 2.05) is 26.0 Å². The van der Waals surface area contributed by atoms with Crippen molar-refractivity contribution in [2.45, 2.75) is 20.0 Å². The van der Waals surface area contributed by atoms with E-state index in [4.69, 9.17) is 32.7 Å². The molecule has 0 spiro atoms. The lowest BCUT2D eigenvalue weighted by atomic mass is 10.1. The van der Waals surface area contributed by atoms with Gasteiger partial charge in [0.25, 0.3) is 0 Å². The quantitative estimate of drug-likeness (QED) is 0.577. The summed E-state index contributed by atoms with van der Waals surface area (Å²) in [5.41, 5.74) is -0.234. The fraction of sp³-hybridized carbons (Fsp3) is 0.273. The predicted molar refractivity (Wildman–Crippen MR) is 110 cm³/mol. The van der Waals surface area contributed by atoms with Crippen LogP contribution in [0.2, 0.25) is 0 Å². The zero-order chi connectivity index (χ0) is 21.2. The van der Waals surface area contributed by atoms with Gasteiger partial charge in [0, 0.05) is 0 Å². The second kappa shape index (κ2) is 8.36. The summed E-state index contributed by atoms with van der Waals surface area (Å²) in [6.07, 6.45) is 0.316. The Morgan fingerprint density at radius 3 is 2.52 bits per heavy atom. The average Bonchev–Trinajstić information content (AvgIpc) is 3.21. The van der Waals surface area contributed by atoms with Crippen LogP contribution in [0.25, 0.3) is 0 Å². The standard InChI is InChI=1S/C22H19Cl2NO4/c1-22(2)15(11-18(23)24)19(22)21(27)29-17(12-25)14-9-6-10-16(20(14)26)28-13-7-4-3-5-8-13/h3-11,15,17,19,26H,1-2H3. The molecule has 3 rings (SSSR count). The summed E-state index contributed by atoms with van der Waals surface area (Å²) in [5, 5.41) is 20.1. The monoisotopic (exact) mass is 431 g/mol. The molecule has 29 heavy (non-hydrogen) atoms. The van der Waals surface area contributed by atoms with Gasteiger partial charge in [0.2, 0.25) is 6.10 Å². The summed E-state index contributed by atoms with van der Waals surface area (Å²) < 4.78 is 11.2. The minimum Gasteiger partial charge on any atom is -0.504 e. The molecule has 0 radical (unpaired) electrons. The number of nitriles is 1. The van der Waals surface area contributed by atoms with Gasteiger partial charge >= 0.3 is 5.97 Å². The van der Waals surface area contributed by atoms with Crippen molar-refractivity contribution in [1.29, 1.82) is 5.26 Å². The summed E-state index contributed by atoms with van der Waals surface area (Å²) in [7, 11) is 0. The molecule has 7 heteroatoms. The van der Waals surface area contributed by atoms with E-state index in [1.54, 1.807) is 42.5 Å². The third-order valence-electron chi connectivity index (χ3n) is 5.11. The second-order valence-corrected chi connectivity index (χ2v) is 8.34. The first-order valence-electron chi connectivity index (χ1n) is 8.93. The normalized spacial score (nSPS) is 20.1. The molecule has 0 aliphatic heterocycles. The second-order valence-electron chi connectivity index (χ2n) is 7.34. The maximum Gasteiger partial charge on any atom is 0.311 e. The Morgan fingerprint density at radius 2 is 1.90 bits per heavy atom. The van der Waals surface area contributed by atoms with Gasteiger partial charge in [-0.25, -0.2) is 0 Å². The van der Waals surface area contributed by atoms with Crippen LogP contribution >= 0.6 is 23.2 Å². The smallest absolute Gasteiger partial charge is 0.311 e. The lowest BCUT2D eigenvalue weighted by Gasteiger charge is -2.15. The fourth-order valence-electron chi connectivity index (χ4n) is 3.37. The lowest BCUT2D eigenvalue weighted by Crippen LogP contribution is -2.14. The molecule has 1 saturated carbocycles. The number of phenolic OH excluding ortho intramolecular Hbond substituents is 1. The van der Waals surface area contributed by atoms with E-state index < -0.39 is 18.0 Å². The number of rotatable bonds is 6. The van der Waals surface area contributed by atoms with Crippen LogP contribution in [0.3, 0.4) is 0 Å². The van der Waals surface area contributed by atoms with Crippen LogP contribution < -0.4 is 4.74 Å². The van der Waals surface area contributed by atoms with Crippen molar-refractivity contribution >= 4 is 29.2 Å².